The van der Waals surface area contributed by atoms with Gasteiger partial charge in [-0.1, -0.05) is 0 Å². The molecule has 0 aliphatic heterocycles. The quantitative estimate of drug-likeness (QED) is 0.362. The summed E-state index contributed by atoms with van der Waals surface area (Å²) in [6.45, 7) is 0. The standard InChI is InChI=1S/C8H5F5O4S2/c1-18(14,15)2-19(16,17)8-6(12)4(10)3(9)5(11)7(8)13/h2H2,1H3. The molecule has 0 spiro atoms. The van der Waals surface area contributed by atoms with Crippen molar-refractivity contribution in [2.75, 3.05) is 11.3 Å². The number of sulfone groups is 2. The second-order valence-electron chi connectivity index (χ2n) is 3.56. The highest BCUT2D eigenvalue weighted by molar-refractivity contribution is 8.07. The Morgan fingerprint density at radius 3 is 1.37 bits per heavy atom. The summed E-state index contributed by atoms with van der Waals surface area (Å²) >= 11 is 0. The van der Waals surface area contributed by atoms with Gasteiger partial charge in [-0.15, -0.1) is 0 Å². The van der Waals surface area contributed by atoms with E-state index in [2.05, 4.69) is 0 Å². The fourth-order valence-corrected chi connectivity index (χ4v) is 4.65. The van der Waals surface area contributed by atoms with Crippen molar-refractivity contribution in [1.82, 2.24) is 0 Å². The monoisotopic (exact) mass is 324 g/mol. The van der Waals surface area contributed by atoms with Crippen molar-refractivity contribution in [3.8, 4) is 0 Å². The highest BCUT2D eigenvalue weighted by atomic mass is 32.3. The van der Waals surface area contributed by atoms with E-state index in [9.17, 15) is 38.8 Å². The van der Waals surface area contributed by atoms with Gasteiger partial charge < -0.3 is 0 Å². The minimum atomic E-state index is -5.23. The fraction of sp³-hybridized carbons (Fsp3) is 0.250. The van der Waals surface area contributed by atoms with Gasteiger partial charge in [0.05, 0.1) is 0 Å². The molecule has 0 N–H and O–H groups in total. The van der Waals surface area contributed by atoms with Gasteiger partial charge in [-0.25, -0.2) is 38.8 Å². The lowest BCUT2D eigenvalue weighted by atomic mass is 10.3. The number of hydrogen-bond acceptors (Lipinski definition) is 4. The summed E-state index contributed by atoms with van der Waals surface area (Å²) in [7, 11) is -9.48. The van der Waals surface area contributed by atoms with Crippen LogP contribution in [0.3, 0.4) is 0 Å². The van der Waals surface area contributed by atoms with Gasteiger partial charge in [-0.2, -0.15) is 0 Å². The van der Waals surface area contributed by atoms with Crippen LogP contribution in [0.1, 0.15) is 0 Å². The van der Waals surface area contributed by atoms with Gasteiger partial charge in [0.2, 0.25) is 5.82 Å². The maximum atomic E-state index is 13.2. The van der Waals surface area contributed by atoms with Gasteiger partial charge in [-0.3, -0.25) is 0 Å². The van der Waals surface area contributed by atoms with E-state index in [1.807, 2.05) is 0 Å². The van der Waals surface area contributed by atoms with E-state index in [4.69, 9.17) is 0 Å². The van der Waals surface area contributed by atoms with Gasteiger partial charge in [0.15, 0.2) is 48.0 Å². The number of hydrogen-bond donors (Lipinski definition) is 0. The van der Waals surface area contributed by atoms with Crippen molar-refractivity contribution in [1.29, 1.82) is 0 Å². The summed E-state index contributed by atoms with van der Waals surface area (Å²) in [6.07, 6.45) is 0.427. The molecule has 0 saturated carbocycles. The molecule has 1 aromatic carbocycles. The molecular formula is C8H5F5O4S2. The summed E-state index contributed by atoms with van der Waals surface area (Å²) in [5, 5.41) is -1.78. The van der Waals surface area contributed by atoms with Crippen molar-refractivity contribution in [2.24, 2.45) is 0 Å². The zero-order chi connectivity index (χ0) is 15.2. The van der Waals surface area contributed by atoms with Gasteiger partial charge in [0, 0.05) is 6.26 Å². The minimum absolute atomic E-state index is 0.427. The first kappa shape index (κ1) is 15.8. The van der Waals surface area contributed by atoms with Crippen LogP contribution in [0.15, 0.2) is 4.90 Å². The van der Waals surface area contributed by atoms with E-state index >= 15 is 0 Å². The first-order valence-electron chi connectivity index (χ1n) is 4.30. The van der Waals surface area contributed by atoms with Crippen molar-refractivity contribution >= 4 is 19.7 Å². The molecule has 4 nitrogen and oxygen atoms in total. The molecule has 0 amide bonds. The first-order chi connectivity index (χ1) is 8.38. The van der Waals surface area contributed by atoms with Crippen molar-refractivity contribution in [3.63, 3.8) is 0 Å². The maximum absolute atomic E-state index is 13.2. The predicted octanol–water partition coefficient (Wildman–Crippen LogP) is 1.16. The topological polar surface area (TPSA) is 68.3 Å². The molecule has 11 heteroatoms. The lowest BCUT2D eigenvalue weighted by Crippen LogP contribution is -2.20. The summed E-state index contributed by atoms with van der Waals surface area (Å²) in [4.78, 5) is -2.16. The molecule has 0 heterocycles. The summed E-state index contributed by atoms with van der Waals surface area (Å²) in [5.74, 6) is -12.7. The number of rotatable bonds is 3. The largest absolute Gasteiger partial charge is 0.228 e. The Balaban J connectivity index is 3.71. The first-order valence-corrected chi connectivity index (χ1v) is 8.01. The molecule has 0 saturated heterocycles. The van der Waals surface area contributed by atoms with E-state index in [1.54, 1.807) is 0 Å². The zero-order valence-corrected chi connectivity index (χ0v) is 10.7. The third kappa shape index (κ3) is 3.03. The van der Waals surface area contributed by atoms with E-state index in [-0.39, 0.29) is 0 Å². The van der Waals surface area contributed by atoms with Gasteiger partial charge in [0.1, 0.15) is 4.90 Å². The van der Waals surface area contributed by atoms with Crippen LogP contribution in [0.5, 0.6) is 0 Å². The normalized spacial score (nSPS) is 12.7. The third-order valence-corrected chi connectivity index (χ3v) is 5.78. The summed E-state index contributed by atoms with van der Waals surface area (Å²) < 4.78 is 109. The predicted molar refractivity (Wildman–Crippen MR) is 53.1 cm³/mol. The van der Waals surface area contributed by atoms with Crippen molar-refractivity contribution < 1.29 is 38.8 Å². The van der Waals surface area contributed by atoms with Crippen LogP contribution in [0.25, 0.3) is 0 Å². The average Bonchev–Trinajstić information content (AvgIpc) is 2.20. The van der Waals surface area contributed by atoms with Crippen LogP contribution >= 0.6 is 0 Å². The molecule has 1 aromatic rings. The fourth-order valence-electron chi connectivity index (χ4n) is 1.20. The molecule has 19 heavy (non-hydrogen) atoms. The van der Waals surface area contributed by atoms with Gasteiger partial charge in [-0.05, 0) is 0 Å². The smallest absolute Gasteiger partial charge is 0.200 e. The molecule has 0 bridgehead atoms. The lowest BCUT2D eigenvalue weighted by molar-refractivity contribution is 0.358. The molecule has 0 unspecified atom stereocenters. The molecule has 0 aliphatic rings. The van der Waals surface area contributed by atoms with Crippen LogP contribution in [-0.2, 0) is 19.7 Å². The maximum Gasteiger partial charge on any atom is 0.200 e. The summed E-state index contributed by atoms with van der Waals surface area (Å²) in [5.41, 5.74) is 0. The van der Waals surface area contributed by atoms with E-state index in [0.29, 0.717) is 6.26 Å². The number of halogens is 5. The van der Waals surface area contributed by atoms with Crippen molar-refractivity contribution in [3.05, 3.63) is 29.1 Å². The molecule has 0 radical (unpaired) electrons. The van der Waals surface area contributed by atoms with E-state index in [0.717, 1.165) is 0 Å². The number of benzene rings is 1. The Morgan fingerprint density at radius 1 is 0.737 bits per heavy atom. The highest BCUT2D eigenvalue weighted by Gasteiger charge is 2.35. The molecular weight excluding hydrogens is 319 g/mol. The average molecular weight is 324 g/mol. The highest BCUT2D eigenvalue weighted by Crippen LogP contribution is 2.27. The Hall–Kier alpha value is -1.23. The molecule has 1 rings (SSSR count). The Morgan fingerprint density at radius 2 is 1.05 bits per heavy atom. The molecule has 0 atom stereocenters. The van der Waals surface area contributed by atoms with E-state index < -0.39 is 58.7 Å². The van der Waals surface area contributed by atoms with Crippen LogP contribution in [-0.4, -0.2) is 28.2 Å². The van der Waals surface area contributed by atoms with Crippen LogP contribution in [0, 0.1) is 29.1 Å². The zero-order valence-electron chi connectivity index (χ0n) is 9.05. The minimum Gasteiger partial charge on any atom is -0.228 e. The third-order valence-electron chi connectivity index (χ3n) is 1.85. The molecule has 108 valence electrons. The Bertz CT molecular complexity index is 710. The molecule has 0 fully saturated rings. The molecule has 0 aromatic heterocycles. The molecule has 0 aliphatic carbocycles. The van der Waals surface area contributed by atoms with Crippen LogP contribution in [0.4, 0.5) is 22.0 Å². The van der Waals surface area contributed by atoms with Crippen LogP contribution < -0.4 is 0 Å². The Labute approximate surface area is 104 Å². The lowest BCUT2D eigenvalue weighted by Gasteiger charge is -2.08. The van der Waals surface area contributed by atoms with E-state index in [1.165, 1.54) is 0 Å². The second-order valence-corrected chi connectivity index (χ2v) is 7.99. The van der Waals surface area contributed by atoms with Crippen molar-refractivity contribution in [2.45, 2.75) is 4.90 Å². The second kappa shape index (κ2) is 4.71. The van der Waals surface area contributed by atoms with Gasteiger partial charge >= 0.3 is 0 Å². The SMILES string of the molecule is CS(=O)(=O)CS(=O)(=O)c1c(F)c(F)c(F)c(F)c1F. The Kier molecular flexibility index (Phi) is 3.92. The van der Waals surface area contributed by atoms with Gasteiger partial charge in [0.25, 0.3) is 0 Å². The summed E-state index contributed by atoms with van der Waals surface area (Å²) in [6, 6.07) is 0. The van der Waals surface area contributed by atoms with Crippen LogP contribution in [0.2, 0.25) is 0 Å².